The summed E-state index contributed by atoms with van der Waals surface area (Å²) in [4.78, 5) is 11.1. The Morgan fingerprint density at radius 1 is 1.47 bits per heavy atom. The number of anilines is 1. The van der Waals surface area contributed by atoms with Crippen molar-refractivity contribution in [3.05, 3.63) is 30.7 Å². The maximum atomic E-state index is 11.1. The van der Waals surface area contributed by atoms with Crippen molar-refractivity contribution < 1.29 is 9.53 Å². The lowest BCUT2D eigenvalue weighted by Crippen LogP contribution is -2.25. The molecule has 0 saturated carbocycles. The molecule has 0 aromatic heterocycles. The van der Waals surface area contributed by atoms with E-state index in [1.807, 2.05) is 18.2 Å². The van der Waals surface area contributed by atoms with Crippen LogP contribution in [-0.2, 0) is 11.2 Å². The SMILES string of the molecule is [CH2]CCCc1ccc2c(c1)NC(=O)CO2. The summed E-state index contributed by atoms with van der Waals surface area (Å²) >= 11 is 0. The molecule has 79 valence electrons. The van der Waals surface area contributed by atoms with Gasteiger partial charge in [0, 0.05) is 0 Å². The van der Waals surface area contributed by atoms with E-state index in [0.29, 0.717) is 0 Å². The van der Waals surface area contributed by atoms with E-state index in [1.165, 1.54) is 5.56 Å². The molecule has 1 N–H and O–H groups in total. The number of unbranched alkanes of at least 4 members (excludes halogenated alkanes) is 1. The Balaban J connectivity index is 2.17. The Morgan fingerprint density at radius 3 is 3.13 bits per heavy atom. The van der Waals surface area contributed by atoms with Gasteiger partial charge in [-0.15, -0.1) is 0 Å². The molecule has 3 nitrogen and oxygen atoms in total. The van der Waals surface area contributed by atoms with E-state index in [1.54, 1.807) is 0 Å². The van der Waals surface area contributed by atoms with E-state index < -0.39 is 0 Å². The highest BCUT2D eigenvalue weighted by Gasteiger charge is 2.15. The number of carbonyl (C=O) groups excluding carboxylic acids is 1. The average molecular weight is 204 g/mol. The summed E-state index contributed by atoms with van der Waals surface area (Å²) < 4.78 is 5.27. The second kappa shape index (κ2) is 4.34. The van der Waals surface area contributed by atoms with Gasteiger partial charge < -0.3 is 10.1 Å². The normalized spacial score (nSPS) is 14.1. The zero-order valence-electron chi connectivity index (χ0n) is 8.58. The van der Waals surface area contributed by atoms with Crippen molar-refractivity contribution in [3.63, 3.8) is 0 Å². The Morgan fingerprint density at radius 2 is 2.33 bits per heavy atom. The Labute approximate surface area is 89.4 Å². The minimum atomic E-state index is -0.0863. The number of carbonyl (C=O) groups is 1. The van der Waals surface area contributed by atoms with Crippen LogP contribution in [0.2, 0.25) is 0 Å². The average Bonchev–Trinajstić information content (AvgIpc) is 2.25. The van der Waals surface area contributed by atoms with Crippen LogP contribution in [0.25, 0.3) is 0 Å². The molecule has 3 heteroatoms. The van der Waals surface area contributed by atoms with Gasteiger partial charge in [-0.3, -0.25) is 4.79 Å². The van der Waals surface area contributed by atoms with Crippen molar-refractivity contribution in [1.29, 1.82) is 0 Å². The summed E-state index contributed by atoms with van der Waals surface area (Å²) in [7, 11) is 0. The Kier molecular flexibility index (Phi) is 2.90. The highest BCUT2D eigenvalue weighted by molar-refractivity contribution is 5.95. The minimum absolute atomic E-state index is 0.0863. The van der Waals surface area contributed by atoms with E-state index in [9.17, 15) is 4.79 Å². The molecule has 1 amide bonds. The lowest BCUT2D eigenvalue weighted by Gasteiger charge is -2.18. The van der Waals surface area contributed by atoms with E-state index in [-0.39, 0.29) is 12.5 Å². The summed E-state index contributed by atoms with van der Waals surface area (Å²) in [5.74, 6) is 0.671. The first-order valence-electron chi connectivity index (χ1n) is 5.14. The van der Waals surface area contributed by atoms with E-state index in [2.05, 4.69) is 12.2 Å². The van der Waals surface area contributed by atoms with Crippen molar-refractivity contribution >= 4 is 11.6 Å². The molecule has 1 aliphatic rings. The van der Waals surface area contributed by atoms with E-state index >= 15 is 0 Å². The van der Waals surface area contributed by atoms with E-state index in [4.69, 9.17) is 4.74 Å². The number of ether oxygens (including phenoxy) is 1. The van der Waals surface area contributed by atoms with Gasteiger partial charge in [0.2, 0.25) is 0 Å². The maximum absolute atomic E-state index is 11.1. The third-order valence-electron chi connectivity index (χ3n) is 2.39. The molecule has 0 spiro atoms. The summed E-state index contributed by atoms with van der Waals surface area (Å²) in [6, 6.07) is 5.92. The molecule has 1 heterocycles. The molecule has 1 aliphatic heterocycles. The van der Waals surface area contributed by atoms with Crippen molar-refractivity contribution in [3.8, 4) is 5.75 Å². The van der Waals surface area contributed by atoms with Crippen LogP contribution in [0.3, 0.4) is 0 Å². The molecule has 1 aromatic rings. The highest BCUT2D eigenvalue weighted by Crippen LogP contribution is 2.28. The van der Waals surface area contributed by atoms with Gasteiger partial charge in [0.05, 0.1) is 5.69 Å². The minimum Gasteiger partial charge on any atom is -0.482 e. The molecule has 2 rings (SSSR count). The first-order valence-corrected chi connectivity index (χ1v) is 5.14. The molecule has 0 fully saturated rings. The molecule has 0 atom stereocenters. The van der Waals surface area contributed by atoms with Crippen LogP contribution >= 0.6 is 0 Å². The third-order valence-corrected chi connectivity index (χ3v) is 2.39. The van der Waals surface area contributed by atoms with Crippen LogP contribution in [0, 0.1) is 6.92 Å². The van der Waals surface area contributed by atoms with Crippen molar-refractivity contribution in [2.45, 2.75) is 19.3 Å². The van der Waals surface area contributed by atoms with Gasteiger partial charge in [0.15, 0.2) is 6.61 Å². The fourth-order valence-corrected chi connectivity index (χ4v) is 1.61. The number of benzene rings is 1. The Bertz CT molecular complexity index is 374. The number of hydrogen-bond donors (Lipinski definition) is 1. The number of hydrogen-bond acceptors (Lipinski definition) is 2. The highest BCUT2D eigenvalue weighted by atomic mass is 16.5. The van der Waals surface area contributed by atoms with Crippen molar-refractivity contribution in [2.75, 3.05) is 11.9 Å². The van der Waals surface area contributed by atoms with Gasteiger partial charge in [0.25, 0.3) is 5.91 Å². The number of rotatable bonds is 3. The molecule has 1 aromatic carbocycles. The first-order chi connectivity index (χ1) is 7.29. The van der Waals surface area contributed by atoms with Crippen molar-refractivity contribution in [2.24, 2.45) is 0 Å². The molecule has 0 bridgehead atoms. The predicted octanol–water partition coefficient (Wildman–Crippen LogP) is 2.17. The largest absolute Gasteiger partial charge is 0.482 e. The molecular formula is C12H14NO2. The van der Waals surface area contributed by atoms with Crippen LogP contribution in [0.15, 0.2) is 18.2 Å². The summed E-state index contributed by atoms with van der Waals surface area (Å²) in [5.41, 5.74) is 2.00. The monoisotopic (exact) mass is 204 g/mol. The fourth-order valence-electron chi connectivity index (χ4n) is 1.61. The number of nitrogens with one attached hydrogen (secondary N) is 1. The maximum Gasteiger partial charge on any atom is 0.262 e. The number of amides is 1. The smallest absolute Gasteiger partial charge is 0.262 e. The predicted molar refractivity (Wildman–Crippen MR) is 58.9 cm³/mol. The molecule has 0 saturated heterocycles. The molecule has 0 aliphatic carbocycles. The topological polar surface area (TPSA) is 38.3 Å². The van der Waals surface area contributed by atoms with Crippen LogP contribution in [0.5, 0.6) is 5.75 Å². The number of fused-ring (bicyclic) bond motifs is 1. The van der Waals surface area contributed by atoms with Crippen LogP contribution in [0.4, 0.5) is 5.69 Å². The van der Waals surface area contributed by atoms with Crippen molar-refractivity contribution in [1.82, 2.24) is 0 Å². The zero-order valence-corrected chi connectivity index (χ0v) is 8.58. The van der Waals surface area contributed by atoms with Gasteiger partial charge in [-0.2, -0.15) is 0 Å². The third kappa shape index (κ3) is 2.29. The van der Waals surface area contributed by atoms with Gasteiger partial charge in [-0.25, -0.2) is 0 Å². The van der Waals surface area contributed by atoms with E-state index in [0.717, 1.165) is 30.7 Å². The lowest BCUT2D eigenvalue weighted by atomic mass is 10.1. The van der Waals surface area contributed by atoms with Gasteiger partial charge >= 0.3 is 0 Å². The van der Waals surface area contributed by atoms with Gasteiger partial charge in [-0.1, -0.05) is 19.4 Å². The Hall–Kier alpha value is -1.51. The molecule has 15 heavy (non-hydrogen) atoms. The lowest BCUT2D eigenvalue weighted by molar-refractivity contribution is -0.118. The molecule has 1 radical (unpaired) electrons. The first kappa shape index (κ1) is 10.0. The summed E-state index contributed by atoms with van der Waals surface area (Å²) in [5, 5.41) is 2.80. The van der Waals surface area contributed by atoms with Gasteiger partial charge in [0.1, 0.15) is 5.75 Å². The second-order valence-electron chi connectivity index (χ2n) is 3.62. The molecular weight excluding hydrogens is 190 g/mol. The quantitative estimate of drug-likeness (QED) is 0.819. The van der Waals surface area contributed by atoms with Crippen LogP contribution in [-0.4, -0.2) is 12.5 Å². The standard InChI is InChI=1S/C12H14NO2/c1-2-3-4-9-5-6-11-10(7-9)13-12(14)8-15-11/h5-7H,1-4,8H2,(H,13,14). The fraction of sp³-hybridized carbons (Fsp3) is 0.333. The molecule has 0 unspecified atom stereocenters. The van der Waals surface area contributed by atoms with Crippen LogP contribution in [0.1, 0.15) is 18.4 Å². The summed E-state index contributed by atoms with van der Waals surface area (Å²) in [6.45, 7) is 3.92. The van der Waals surface area contributed by atoms with Gasteiger partial charge in [-0.05, 0) is 30.5 Å². The summed E-state index contributed by atoms with van der Waals surface area (Å²) in [6.07, 6.45) is 2.99. The van der Waals surface area contributed by atoms with Crippen LogP contribution < -0.4 is 10.1 Å². The zero-order chi connectivity index (χ0) is 10.7. The number of aryl methyl sites for hydroxylation is 1. The second-order valence-corrected chi connectivity index (χ2v) is 3.62.